The first kappa shape index (κ1) is 23.9. The Morgan fingerprint density at radius 2 is 1.62 bits per heavy atom. The predicted molar refractivity (Wildman–Crippen MR) is 106 cm³/mol. The zero-order valence-corrected chi connectivity index (χ0v) is 16.5. The van der Waals surface area contributed by atoms with Crippen molar-refractivity contribution in [1.82, 2.24) is 5.32 Å². The number of hydrogen-bond acceptors (Lipinski definition) is 4. The molecule has 1 atom stereocenters. The molecule has 0 unspecified atom stereocenters. The van der Waals surface area contributed by atoms with E-state index in [9.17, 15) is 14.4 Å². The van der Waals surface area contributed by atoms with Crippen molar-refractivity contribution in [3.63, 3.8) is 0 Å². The minimum Gasteiger partial charge on any atom is -0.346 e. The van der Waals surface area contributed by atoms with Gasteiger partial charge in [0.05, 0.1) is 12.6 Å². The maximum Gasteiger partial charge on any atom is 0.243 e. The molecule has 1 aromatic carbocycles. The van der Waals surface area contributed by atoms with Crippen molar-refractivity contribution in [2.45, 2.75) is 46.6 Å². The van der Waals surface area contributed by atoms with Crippen LogP contribution in [0.1, 0.15) is 39.2 Å². The smallest absolute Gasteiger partial charge is 0.243 e. The lowest BCUT2D eigenvalue weighted by Gasteiger charge is -2.16. The topological polar surface area (TPSA) is 113 Å². The molecule has 0 aliphatic carbocycles. The molecule has 0 aromatic heterocycles. The van der Waals surface area contributed by atoms with E-state index in [1.54, 1.807) is 18.2 Å². The van der Waals surface area contributed by atoms with Crippen LogP contribution in [0.4, 0.5) is 11.4 Å². The number of carbonyl (C=O) groups is 3. The Labute approximate surface area is 160 Å². The summed E-state index contributed by atoms with van der Waals surface area (Å²) in [4.78, 5) is 35.6. The van der Waals surface area contributed by atoms with E-state index >= 15 is 0 Å². The molecule has 146 valence electrons. The van der Waals surface area contributed by atoms with Gasteiger partial charge in [0.25, 0.3) is 0 Å². The van der Waals surface area contributed by atoms with Gasteiger partial charge in [-0.05, 0) is 37.0 Å². The van der Waals surface area contributed by atoms with Crippen LogP contribution < -0.4 is 21.7 Å². The summed E-state index contributed by atoms with van der Waals surface area (Å²) in [6.45, 7) is 7.26. The summed E-state index contributed by atoms with van der Waals surface area (Å²) in [5.41, 5.74) is 7.72. The fourth-order valence-electron chi connectivity index (χ4n) is 2.13. The molecular weight excluding hydrogens is 356 g/mol. The summed E-state index contributed by atoms with van der Waals surface area (Å²) >= 11 is 0. The third-order valence-corrected chi connectivity index (χ3v) is 3.80. The number of carbonyl (C=O) groups excluding carboxylic acids is 3. The molecule has 0 spiro atoms. The fourth-order valence-corrected chi connectivity index (χ4v) is 2.13. The van der Waals surface area contributed by atoms with Crippen LogP contribution in [0.5, 0.6) is 0 Å². The van der Waals surface area contributed by atoms with Gasteiger partial charge in [-0.15, -0.1) is 12.4 Å². The van der Waals surface area contributed by atoms with Crippen molar-refractivity contribution < 1.29 is 14.4 Å². The summed E-state index contributed by atoms with van der Waals surface area (Å²) in [6.07, 6.45) is 1.21. The number of anilines is 2. The Hall–Kier alpha value is -2.12. The predicted octanol–water partition coefficient (Wildman–Crippen LogP) is 2.19. The molecule has 0 heterocycles. The molecule has 8 heteroatoms. The lowest BCUT2D eigenvalue weighted by Crippen LogP contribution is -2.46. The molecule has 0 fully saturated rings. The van der Waals surface area contributed by atoms with E-state index in [-0.39, 0.29) is 42.6 Å². The Morgan fingerprint density at radius 3 is 2.12 bits per heavy atom. The van der Waals surface area contributed by atoms with Gasteiger partial charge in [-0.25, -0.2) is 0 Å². The molecule has 1 rings (SSSR count). The van der Waals surface area contributed by atoms with Crippen molar-refractivity contribution >= 4 is 41.5 Å². The number of amides is 3. The lowest BCUT2D eigenvalue weighted by molar-refractivity contribution is -0.125. The first-order chi connectivity index (χ1) is 11.8. The minimum atomic E-state index is -0.647. The van der Waals surface area contributed by atoms with Crippen molar-refractivity contribution in [3.05, 3.63) is 23.8 Å². The average Bonchev–Trinajstić information content (AvgIpc) is 2.55. The monoisotopic (exact) mass is 384 g/mol. The van der Waals surface area contributed by atoms with Crippen LogP contribution in [0, 0.1) is 12.8 Å². The molecule has 5 N–H and O–H groups in total. The van der Waals surface area contributed by atoms with Gasteiger partial charge in [-0.1, -0.05) is 26.8 Å². The van der Waals surface area contributed by atoms with Gasteiger partial charge in [-0.3, -0.25) is 14.4 Å². The van der Waals surface area contributed by atoms with E-state index in [1.165, 1.54) is 0 Å². The number of rotatable bonds is 8. The second-order valence-electron chi connectivity index (χ2n) is 6.31. The third-order valence-electron chi connectivity index (χ3n) is 3.80. The van der Waals surface area contributed by atoms with Gasteiger partial charge in [0.2, 0.25) is 17.7 Å². The van der Waals surface area contributed by atoms with E-state index in [2.05, 4.69) is 16.0 Å². The molecule has 0 aliphatic rings. The molecular formula is C18H29ClN4O3. The number of hydrogen-bond donors (Lipinski definition) is 4. The van der Waals surface area contributed by atoms with E-state index < -0.39 is 6.04 Å². The van der Waals surface area contributed by atoms with Crippen LogP contribution >= 0.6 is 12.4 Å². The van der Waals surface area contributed by atoms with Crippen LogP contribution in [0.25, 0.3) is 0 Å². The van der Waals surface area contributed by atoms with Gasteiger partial charge in [0, 0.05) is 17.8 Å². The summed E-state index contributed by atoms with van der Waals surface area (Å²) in [6, 6.07) is 4.62. The van der Waals surface area contributed by atoms with Crippen LogP contribution in [-0.2, 0) is 14.4 Å². The quantitative estimate of drug-likeness (QED) is 0.550. The zero-order valence-electron chi connectivity index (χ0n) is 15.7. The highest BCUT2D eigenvalue weighted by molar-refractivity contribution is 5.98. The third kappa shape index (κ3) is 7.41. The average molecular weight is 385 g/mol. The maximum atomic E-state index is 12.0. The first-order valence-electron chi connectivity index (χ1n) is 8.48. The van der Waals surface area contributed by atoms with Crippen molar-refractivity contribution in [2.75, 3.05) is 17.2 Å². The molecule has 3 amide bonds. The molecule has 0 aliphatic heterocycles. The summed E-state index contributed by atoms with van der Waals surface area (Å²) in [5.74, 6) is -0.787. The first-order valence-corrected chi connectivity index (χ1v) is 8.48. The molecule has 0 saturated heterocycles. The van der Waals surface area contributed by atoms with Gasteiger partial charge < -0.3 is 21.7 Å². The van der Waals surface area contributed by atoms with Gasteiger partial charge in [0.15, 0.2) is 0 Å². The highest BCUT2D eigenvalue weighted by Crippen LogP contribution is 2.23. The second-order valence-corrected chi connectivity index (χ2v) is 6.31. The van der Waals surface area contributed by atoms with Crippen molar-refractivity contribution in [1.29, 1.82) is 0 Å². The molecule has 0 radical (unpaired) electrons. The number of benzene rings is 1. The van der Waals surface area contributed by atoms with Crippen molar-refractivity contribution in [2.24, 2.45) is 11.7 Å². The highest BCUT2D eigenvalue weighted by atomic mass is 35.5. The largest absolute Gasteiger partial charge is 0.346 e. The normalized spacial score (nSPS) is 11.3. The number of nitrogens with one attached hydrogen (secondary N) is 3. The molecule has 7 nitrogen and oxygen atoms in total. The fraction of sp³-hybridized carbons (Fsp3) is 0.500. The number of halogens is 1. The summed E-state index contributed by atoms with van der Waals surface area (Å²) in [5, 5.41) is 8.08. The Bertz CT molecular complexity index is 635. The minimum absolute atomic E-state index is 0. The Morgan fingerprint density at radius 1 is 1.08 bits per heavy atom. The van der Waals surface area contributed by atoms with E-state index in [0.29, 0.717) is 17.8 Å². The van der Waals surface area contributed by atoms with Crippen LogP contribution in [0.3, 0.4) is 0 Å². The Balaban J connectivity index is 0.00000625. The van der Waals surface area contributed by atoms with Gasteiger partial charge >= 0.3 is 0 Å². The van der Waals surface area contributed by atoms with Gasteiger partial charge in [-0.2, -0.15) is 0 Å². The van der Waals surface area contributed by atoms with E-state index in [0.717, 1.165) is 12.0 Å². The van der Waals surface area contributed by atoms with Gasteiger partial charge in [0.1, 0.15) is 0 Å². The van der Waals surface area contributed by atoms with Crippen LogP contribution in [0.2, 0.25) is 0 Å². The zero-order chi connectivity index (χ0) is 19.0. The molecule has 26 heavy (non-hydrogen) atoms. The van der Waals surface area contributed by atoms with E-state index in [1.807, 2.05) is 27.7 Å². The maximum absolute atomic E-state index is 12.0. The van der Waals surface area contributed by atoms with E-state index in [4.69, 9.17) is 5.73 Å². The molecule has 0 saturated carbocycles. The Kier molecular flexibility index (Phi) is 10.6. The molecule has 1 aromatic rings. The SMILES string of the molecule is CCCC(=O)Nc1cccc(NC(=O)CNC(=O)[C@@H](N)C(C)C)c1C.Cl. The van der Waals surface area contributed by atoms with Crippen LogP contribution in [-0.4, -0.2) is 30.3 Å². The highest BCUT2D eigenvalue weighted by Gasteiger charge is 2.18. The van der Waals surface area contributed by atoms with Crippen LogP contribution in [0.15, 0.2) is 18.2 Å². The summed E-state index contributed by atoms with van der Waals surface area (Å²) < 4.78 is 0. The summed E-state index contributed by atoms with van der Waals surface area (Å²) in [7, 11) is 0. The standard InChI is InChI=1S/C18H28N4O3.ClH/c1-5-7-15(23)21-13-8-6-9-14(12(13)4)22-16(24)10-20-18(25)17(19)11(2)3;/h6,8-9,11,17H,5,7,10,19H2,1-4H3,(H,20,25)(H,21,23)(H,22,24);1H/t17-;/m0./s1. The molecule has 0 bridgehead atoms. The number of nitrogens with two attached hydrogens (primary N) is 1. The second kappa shape index (κ2) is 11.5. The lowest BCUT2D eigenvalue weighted by atomic mass is 10.1. The van der Waals surface area contributed by atoms with Crippen molar-refractivity contribution in [3.8, 4) is 0 Å².